The lowest BCUT2D eigenvalue weighted by Crippen LogP contribution is -2.46. The fourth-order valence-corrected chi connectivity index (χ4v) is 4.65. The topological polar surface area (TPSA) is 102 Å². The van der Waals surface area contributed by atoms with Crippen molar-refractivity contribution in [1.29, 1.82) is 0 Å². The van der Waals surface area contributed by atoms with Gasteiger partial charge in [-0.2, -0.15) is 0 Å². The maximum absolute atomic E-state index is 13.2. The van der Waals surface area contributed by atoms with Crippen LogP contribution in [0.25, 0.3) is 10.9 Å². The van der Waals surface area contributed by atoms with Crippen molar-refractivity contribution in [3.63, 3.8) is 0 Å². The number of benzene rings is 2. The van der Waals surface area contributed by atoms with Crippen molar-refractivity contribution in [2.45, 2.75) is 44.8 Å². The van der Waals surface area contributed by atoms with Crippen molar-refractivity contribution in [1.82, 2.24) is 14.5 Å². The molecule has 2 N–H and O–H groups in total. The Morgan fingerprint density at radius 1 is 0.909 bits per heavy atom. The summed E-state index contributed by atoms with van der Waals surface area (Å²) in [6.07, 6.45) is 3.85. The van der Waals surface area contributed by atoms with Crippen molar-refractivity contribution in [2.24, 2.45) is 0 Å². The largest absolute Gasteiger partial charge is 0.352 e. The number of carbonyl (C=O) groups excluding carboxylic acids is 2. The van der Waals surface area contributed by atoms with Crippen molar-refractivity contribution >= 4 is 51.6 Å². The Hall–Kier alpha value is -3.10. The quantitative estimate of drug-likeness (QED) is 0.556. The molecule has 1 aromatic heterocycles. The third kappa shape index (κ3) is 5.29. The van der Waals surface area contributed by atoms with Crippen LogP contribution in [0, 0.1) is 0 Å². The van der Waals surface area contributed by atoms with Gasteiger partial charge in [-0.05, 0) is 43.2 Å². The summed E-state index contributed by atoms with van der Waals surface area (Å²) in [5.74, 6) is -0.915. The normalized spacial score (nSPS) is 13.9. The van der Waals surface area contributed by atoms with Crippen LogP contribution in [-0.2, 0) is 22.7 Å². The van der Waals surface area contributed by atoms with E-state index in [-0.39, 0.29) is 18.0 Å². The first-order chi connectivity index (χ1) is 15.8. The number of anilines is 1. The van der Waals surface area contributed by atoms with Crippen LogP contribution in [0.1, 0.15) is 25.7 Å². The predicted molar refractivity (Wildman–Crippen MR) is 128 cm³/mol. The second-order valence-corrected chi connectivity index (χ2v) is 8.91. The number of nitrogens with one attached hydrogen (secondary N) is 2. The van der Waals surface area contributed by atoms with E-state index in [1.165, 1.54) is 22.8 Å². The summed E-state index contributed by atoms with van der Waals surface area (Å²) in [5.41, 5.74) is -0.631. The number of amides is 2. The average Bonchev–Trinajstić information content (AvgIpc) is 3.26. The molecule has 0 aliphatic heterocycles. The minimum atomic E-state index is -0.737. The van der Waals surface area contributed by atoms with Crippen LogP contribution in [0.15, 0.2) is 52.1 Å². The first kappa shape index (κ1) is 23.1. The third-order valence-corrected chi connectivity index (χ3v) is 6.04. The van der Waals surface area contributed by atoms with Gasteiger partial charge in [0.2, 0.25) is 11.8 Å². The van der Waals surface area contributed by atoms with Gasteiger partial charge in [-0.15, -0.1) is 0 Å². The standard InChI is InChI=1S/C23H22Cl2N4O4/c24-14-9-15(25)11-17(10-14)27-20(30)12-28-19-8-4-3-7-18(19)22(32)29(23(28)33)13-21(31)26-16-5-1-2-6-16/h3-4,7-11,16H,1-2,5-6,12-13H2,(H,26,31)(H,27,30). The number of carbonyl (C=O) groups is 2. The van der Waals surface area contributed by atoms with E-state index >= 15 is 0 Å². The van der Waals surface area contributed by atoms with Crippen LogP contribution in [0.3, 0.4) is 0 Å². The molecule has 2 aromatic carbocycles. The van der Waals surface area contributed by atoms with E-state index in [0.29, 0.717) is 21.2 Å². The van der Waals surface area contributed by atoms with Crippen LogP contribution in [0.4, 0.5) is 5.69 Å². The Balaban J connectivity index is 1.65. The second-order valence-electron chi connectivity index (χ2n) is 8.03. The molecule has 172 valence electrons. The number of rotatable bonds is 6. The number of hydrogen-bond donors (Lipinski definition) is 2. The summed E-state index contributed by atoms with van der Waals surface area (Å²) >= 11 is 12.0. The minimum Gasteiger partial charge on any atom is -0.352 e. The molecule has 1 aliphatic rings. The lowest BCUT2D eigenvalue weighted by atomic mass is 10.2. The minimum absolute atomic E-state index is 0.0613. The van der Waals surface area contributed by atoms with Crippen LogP contribution in [0.5, 0.6) is 0 Å². The molecule has 2 amide bonds. The third-order valence-electron chi connectivity index (χ3n) is 5.60. The lowest BCUT2D eigenvalue weighted by molar-refractivity contribution is -0.122. The van der Waals surface area contributed by atoms with Gasteiger partial charge in [-0.1, -0.05) is 48.2 Å². The molecule has 1 saturated carbocycles. The molecule has 0 saturated heterocycles. The Morgan fingerprint density at radius 3 is 2.24 bits per heavy atom. The zero-order valence-electron chi connectivity index (χ0n) is 17.6. The summed E-state index contributed by atoms with van der Waals surface area (Å²) in [4.78, 5) is 51.4. The predicted octanol–water partition coefficient (Wildman–Crippen LogP) is 3.17. The highest BCUT2D eigenvalue weighted by Gasteiger charge is 2.20. The molecule has 1 fully saturated rings. The van der Waals surface area contributed by atoms with E-state index in [0.717, 1.165) is 30.3 Å². The molecule has 10 heteroatoms. The van der Waals surface area contributed by atoms with Gasteiger partial charge in [0.25, 0.3) is 5.56 Å². The van der Waals surface area contributed by atoms with Crippen molar-refractivity contribution < 1.29 is 9.59 Å². The highest BCUT2D eigenvalue weighted by atomic mass is 35.5. The number of aromatic nitrogens is 2. The molecular formula is C23H22Cl2N4O4. The van der Waals surface area contributed by atoms with Crippen LogP contribution in [0.2, 0.25) is 10.0 Å². The molecule has 3 aromatic rings. The van der Waals surface area contributed by atoms with E-state index in [1.807, 2.05) is 0 Å². The highest BCUT2D eigenvalue weighted by molar-refractivity contribution is 6.35. The second kappa shape index (κ2) is 9.80. The van der Waals surface area contributed by atoms with E-state index in [4.69, 9.17) is 23.2 Å². The van der Waals surface area contributed by atoms with Gasteiger partial charge in [-0.25, -0.2) is 4.79 Å². The van der Waals surface area contributed by atoms with Gasteiger partial charge in [-0.3, -0.25) is 23.5 Å². The van der Waals surface area contributed by atoms with Gasteiger partial charge in [0.15, 0.2) is 0 Å². The molecule has 8 nitrogen and oxygen atoms in total. The molecule has 0 radical (unpaired) electrons. The SMILES string of the molecule is O=C(Cn1c(=O)n(CC(=O)NC2CCCC2)c(=O)c2ccccc21)Nc1cc(Cl)cc(Cl)c1. The van der Waals surface area contributed by atoms with E-state index < -0.39 is 29.6 Å². The smallest absolute Gasteiger partial charge is 0.332 e. The van der Waals surface area contributed by atoms with Gasteiger partial charge in [0.1, 0.15) is 13.1 Å². The summed E-state index contributed by atoms with van der Waals surface area (Å²) < 4.78 is 2.05. The monoisotopic (exact) mass is 488 g/mol. The number of nitrogens with zero attached hydrogens (tertiary/aromatic N) is 2. The summed E-state index contributed by atoms with van der Waals surface area (Å²) in [7, 11) is 0. The first-order valence-electron chi connectivity index (χ1n) is 10.6. The Morgan fingerprint density at radius 2 is 1.55 bits per heavy atom. The first-order valence-corrected chi connectivity index (χ1v) is 11.3. The zero-order chi connectivity index (χ0) is 23.5. The molecule has 4 rings (SSSR count). The number of hydrogen-bond acceptors (Lipinski definition) is 4. The van der Waals surface area contributed by atoms with Crippen LogP contribution in [-0.4, -0.2) is 27.0 Å². The van der Waals surface area contributed by atoms with Gasteiger partial charge in [0, 0.05) is 21.8 Å². The highest BCUT2D eigenvalue weighted by Crippen LogP contribution is 2.22. The summed E-state index contributed by atoms with van der Waals surface area (Å²) in [6.45, 7) is -0.779. The number of fused-ring (bicyclic) bond motifs is 1. The Labute approximate surface area is 199 Å². The molecular weight excluding hydrogens is 467 g/mol. The Kier molecular flexibility index (Phi) is 6.85. The molecule has 0 unspecified atom stereocenters. The number of para-hydroxylation sites is 1. The van der Waals surface area contributed by atoms with Crippen LogP contribution < -0.4 is 21.9 Å². The Bertz CT molecular complexity index is 1320. The van der Waals surface area contributed by atoms with Crippen LogP contribution >= 0.6 is 23.2 Å². The lowest BCUT2D eigenvalue weighted by Gasteiger charge is -2.16. The van der Waals surface area contributed by atoms with Gasteiger partial charge < -0.3 is 10.6 Å². The van der Waals surface area contributed by atoms with Gasteiger partial charge in [0.05, 0.1) is 10.9 Å². The van der Waals surface area contributed by atoms with E-state index in [1.54, 1.807) is 24.3 Å². The van der Waals surface area contributed by atoms with E-state index in [2.05, 4.69) is 10.6 Å². The molecule has 0 atom stereocenters. The fraction of sp³-hybridized carbons (Fsp3) is 0.304. The molecule has 0 spiro atoms. The van der Waals surface area contributed by atoms with Crippen molar-refractivity contribution in [2.75, 3.05) is 5.32 Å². The van der Waals surface area contributed by atoms with Gasteiger partial charge >= 0.3 is 5.69 Å². The van der Waals surface area contributed by atoms with Crippen molar-refractivity contribution in [3.8, 4) is 0 Å². The molecule has 1 aliphatic carbocycles. The maximum atomic E-state index is 13.2. The van der Waals surface area contributed by atoms with E-state index in [9.17, 15) is 19.2 Å². The molecule has 33 heavy (non-hydrogen) atoms. The summed E-state index contributed by atoms with van der Waals surface area (Å²) in [5, 5.41) is 6.47. The fourth-order valence-electron chi connectivity index (χ4n) is 4.12. The average molecular weight is 489 g/mol. The molecule has 1 heterocycles. The summed E-state index contributed by atoms with van der Waals surface area (Å²) in [6, 6.07) is 11.1. The number of halogens is 2. The zero-order valence-corrected chi connectivity index (χ0v) is 19.2. The maximum Gasteiger partial charge on any atom is 0.332 e. The molecule has 0 bridgehead atoms. The van der Waals surface area contributed by atoms with Crippen molar-refractivity contribution in [3.05, 3.63) is 73.3 Å².